The Hall–Kier alpha value is -2.73. The highest BCUT2D eigenvalue weighted by molar-refractivity contribution is 6.43. The Morgan fingerprint density at radius 1 is 1.17 bits per heavy atom. The molecule has 0 aliphatic rings. The van der Waals surface area contributed by atoms with Crippen molar-refractivity contribution >= 4 is 23.2 Å². The largest absolute Gasteiger partial charge is 0.469 e. The van der Waals surface area contributed by atoms with E-state index in [2.05, 4.69) is 15.2 Å². The number of hydrogen-bond acceptors (Lipinski definition) is 5. The zero-order chi connectivity index (χ0) is 16.2. The Morgan fingerprint density at radius 3 is 2.65 bits per heavy atom. The number of rotatable bonds is 6. The molecule has 7 heteroatoms. The topological polar surface area (TPSA) is 88.8 Å². The molecule has 116 valence electrons. The van der Waals surface area contributed by atoms with E-state index in [4.69, 9.17) is 16.0 Å². The Kier molecular flexibility index (Phi) is 4.34. The lowest BCUT2D eigenvalue weighted by atomic mass is 10.0. The summed E-state index contributed by atoms with van der Waals surface area (Å²) >= 11 is 5.86. The SMILES string of the molecule is O=C(Cc1occc1Cc1ccc(Cl)cc1)C(=O)c1ncn[nH]1. The molecule has 0 fully saturated rings. The Labute approximate surface area is 136 Å². The van der Waals surface area contributed by atoms with Gasteiger partial charge >= 0.3 is 0 Å². The first-order chi connectivity index (χ1) is 11.1. The van der Waals surface area contributed by atoms with E-state index >= 15 is 0 Å². The molecule has 2 aromatic heterocycles. The minimum Gasteiger partial charge on any atom is -0.469 e. The molecular weight excluding hydrogens is 318 g/mol. The maximum Gasteiger partial charge on any atom is 0.265 e. The predicted octanol–water partition coefficient (Wildman–Crippen LogP) is 2.64. The molecule has 0 amide bonds. The average molecular weight is 330 g/mol. The van der Waals surface area contributed by atoms with Crippen molar-refractivity contribution in [3.63, 3.8) is 0 Å². The van der Waals surface area contributed by atoms with Gasteiger partial charge in [0.25, 0.3) is 5.78 Å². The molecule has 6 nitrogen and oxygen atoms in total. The van der Waals surface area contributed by atoms with Gasteiger partial charge in [-0.25, -0.2) is 4.98 Å². The third-order valence-corrected chi connectivity index (χ3v) is 3.60. The second-order valence-electron chi connectivity index (χ2n) is 4.94. The zero-order valence-electron chi connectivity index (χ0n) is 12.0. The monoisotopic (exact) mass is 329 g/mol. The van der Waals surface area contributed by atoms with Gasteiger partial charge in [0.05, 0.1) is 12.7 Å². The van der Waals surface area contributed by atoms with Crippen molar-refractivity contribution in [2.24, 2.45) is 0 Å². The first-order valence-electron chi connectivity index (χ1n) is 6.86. The molecule has 1 N–H and O–H groups in total. The summed E-state index contributed by atoms with van der Waals surface area (Å²) in [5.74, 6) is -0.913. The molecule has 3 aromatic rings. The van der Waals surface area contributed by atoms with Crippen molar-refractivity contribution in [3.8, 4) is 0 Å². The van der Waals surface area contributed by atoms with Crippen molar-refractivity contribution in [2.75, 3.05) is 0 Å². The lowest BCUT2D eigenvalue weighted by Gasteiger charge is -2.03. The maximum atomic E-state index is 12.0. The van der Waals surface area contributed by atoms with Crippen LogP contribution in [0.15, 0.2) is 47.3 Å². The molecular formula is C16H12ClN3O3. The lowest BCUT2D eigenvalue weighted by Crippen LogP contribution is -2.18. The van der Waals surface area contributed by atoms with Gasteiger partial charge in [0, 0.05) is 11.4 Å². The summed E-state index contributed by atoms with van der Waals surface area (Å²) in [6.45, 7) is 0. The molecule has 0 radical (unpaired) electrons. The van der Waals surface area contributed by atoms with Gasteiger partial charge in [-0.1, -0.05) is 23.7 Å². The van der Waals surface area contributed by atoms with E-state index in [9.17, 15) is 9.59 Å². The van der Waals surface area contributed by atoms with E-state index in [1.807, 2.05) is 12.1 Å². The molecule has 0 aliphatic carbocycles. The molecule has 0 spiro atoms. The highest BCUT2D eigenvalue weighted by atomic mass is 35.5. The summed E-state index contributed by atoms with van der Waals surface area (Å²) in [4.78, 5) is 27.6. The van der Waals surface area contributed by atoms with Crippen LogP contribution in [-0.2, 0) is 17.6 Å². The number of aromatic nitrogens is 3. The van der Waals surface area contributed by atoms with Crippen LogP contribution in [0, 0.1) is 0 Å². The molecule has 0 aliphatic heterocycles. The van der Waals surface area contributed by atoms with Gasteiger partial charge in [0.2, 0.25) is 5.78 Å². The van der Waals surface area contributed by atoms with E-state index in [1.54, 1.807) is 18.2 Å². The number of ketones is 2. The van der Waals surface area contributed by atoms with E-state index < -0.39 is 11.6 Å². The van der Waals surface area contributed by atoms with Crippen LogP contribution >= 0.6 is 11.6 Å². The van der Waals surface area contributed by atoms with E-state index in [0.29, 0.717) is 17.2 Å². The first-order valence-corrected chi connectivity index (χ1v) is 7.24. The van der Waals surface area contributed by atoms with Crippen LogP contribution in [0.5, 0.6) is 0 Å². The fourth-order valence-electron chi connectivity index (χ4n) is 2.17. The number of nitrogens with zero attached hydrogens (tertiary/aromatic N) is 2. The zero-order valence-corrected chi connectivity index (χ0v) is 12.7. The molecule has 0 atom stereocenters. The van der Waals surface area contributed by atoms with Crippen LogP contribution in [0.25, 0.3) is 0 Å². The number of aromatic amines is 1. The van der Waals surface area contributed by atoms with Gasteiger partial charge in [0.1, 0.15) is 12.1 Å². The van der Waals surface area contributed by atoms with Crippen LogP contribution < -0.4 is 0 Å². The molecule has 2 heterocycles. The summed E-state index contributed by atoms with van der Waals surface area (Å²) in [5, 5.41) is 6.60. The molecule has 0 saturated heterocycles. The summed E-state index contributed by atoms with van der Waals surface area (Å²) in [6, 6.07) is 9.20. The average Bonchev–Trinajstić information content (AvgIpc) is 3.21. The van der Waals surface area contributed by atoms with Crippen LogP contribution in [0.3, 0.4) is 0 Å². The number of carbonyl (C=O) groups excluding carboxylic acids is 2. The lowest BCUT2D eigenvalue weighted by molar-refractivity contribution is -0.114. The molecule has 1 aromatic carbocycles. The molecule has 23 heavy (non-hydrogen) atoms. The van der Waals surface area contributed by atoms with Gasteiger partial charge in [-0.15, -0.1) is 0 Å². The van der Waals surface area contributed by atoms with E-state index in [1.165, 1.54) is 12.6 Å². The van der Waals surface area contributed by atoms with Gasteiger partial charge in [-0.3, -0.25) is 14.7 Å². The predicted molar refractivity (Wildman–Crippen MR) is 82.4 cm³/mol. The third kappa shape index (κ3) is 3.54. The number of furan rings is 1. The fraction of sp³-hybridized carbons (Fsp3) is 0.125. The van der Waals surface area contributed by atoms with Crippen molar-refractivity contribution in [1.29, 1.82) is 0 Å². The number of carbonyl (C=O) groups is 2. The Balaban J connectivity index is 1.72. The standard InChI is InChI=1S/C16H12ClN3O3/c17-12-3-1-10(2-4-12)7-11-5-6-23-14(11)8-13(21)15(22)16-18-9-19-20-16/h1-6,9H,7-8H2,(H,18,19,20). The van der Waals surface area contributed by atoms with Gasteiger partial charge < -0.3 is 4.42 Å². The second kappa shape index (κ2) is 6.58. The number of benzene rings is 1. The molecule has 0 saturated carbocycles. The fourth-order valence-corrected chi connectivity index (χ4v) is 2.30. The summed E-state index contributed by atoms with van der Waals surface area (Å²) in [7, 11) is 0. The van der Waals surface area contributed by atoms with Gasteiger partial charge in [-0.05, 0) is 29.3 Å². The highest BCUT2D eigenvalue weighted by Crippen LogP contribution is 2.18. The summed E-state index contributed by atoms with van der Waals surface area (Å²) in [5.41, 5.74) is 1.89. The number of H-pyrrole nitrogens is 1. The van der Waals surface area contributed by atoms with Gasteiger partial charge in [-0.2, -0.15) is 5.10 Å². The second-order valence-corrected chi connectivity index (χ2v) is 5.37. The van der Waals surface area contributed by atoms with Crippen LogP contribution in [0.4, 0.5) is 0 Å². The van der Waals surface area contributed by atoms with Crippen molar-refractivity contribution in [1.82, 2.24) is 15.2 Å². The van der Waals surface area contributed by atoms with Crippen LogP contribution in [0.1, 0.15) is 27.5 Å². The smallest absolute Gasteiger partial charge is 0.265 e. The van der Waals surface area contributed by atoms with Crippen molar-refractivity contribution in [2.45, 2.75) is 12.8 Å². The van der Waals surface area contributed by atoms with E-state index in [-0.39, 0.29) is 12.2 Å². The minimum atomic E-state index is -0.712. The maximum absolute atomic E-state index is 12.0. The van der Waals surface area contributed by atoms with Crippen LogP contribution in [-0.4, -0.2) is 26.7 Å². The Bertz CT molecular complexity index is 823. The number of nitrogens with one attached hydrogen (secondary N) is 1. The van der Waals surface area contributed by atoms with Crippen LogP contribution in [0.2, 0.25) is 5.02 Å². The van der Waals surface area contributed by atoms with E-state index in [0.717, 1.165) is 11.1 Å². The minimum absolute atomic E-state index is 0.0687. The molecule has 3 rings (SSSR count). The normalized spacial score (nSPS) is 10.7. The quantitative estimate of drug-likeness (QED) is 0.554. The first kappa shape index (κ1) is 15.2. The number of Topliss-reactive ketones (excluding diaryl/α,β-unsaturated/α-hetero) is 2. The van der Waals surface area contributed by atoms with Crippen molar-refractivity contribution < 1.29 is 14.0 Å². The molecule has 0 unspecified atom stereocenters. The van der Waals surface area contributed by atoms with Crippen molar-refractivity contribution in [3.05, 3.63) is 70.7 Å². The summed E-state index contributed by atoms with van der Waals surface area (Å²) < 4.78 is 5.35. The Morgan fingerprint density at radius 2 is 1.96 bits per heavy atom. The van der Waals surface area contributed by atoms with Gasteiger partial charge in [0.15, 0.2) is 5.82 Å². The molecule has 0 bridgehead atoms. The number of halogens is 1. The number of hydrogen-bond donors (Lipinski definition) is 1. The third-order valence-electron chi connectivity index (χ3n) is 3.35. The summed E-state index contributed by atoms with van der Waals surface area (Å²) in [6.07, 6.45) is 3.16. The highest BCUT2D eigenvalue weighted by Gasteiger charge is 2.22.